The van der Waals surface area contributed by atoms with Gasteiger partial charge < -0.3 is 11.1 Å². The number of hydrazone groups is 1. The molecule has 0 aromatic carbocycles. The molecule has 1 atom stereocenters. The third-order valence-electron chi connectivity index (χ3n) is 3.95. The number of ketones is 1. The number of rotatable bonds is 6. The van der Waals surface area contributed by atoms with Crippen LogP contribution in [0, 0.1) is 18.8 Å². The number of Topliss-reactive ketones (excluding diaryl/α,β-unsaturated/α-hetero) is 1. The highest BCUT2D eigenvalue weighted by atomic mass is 16.2. The van der Waals surface area contributed by atoms with Crippen molar-refractivity contribution in [3.63, 3.8) is 0 Å². The van der Waals surface area contributed by atoms with E-state index in [2.05, 4.69) is 15.8 Å². The summed E-state index contributed by atoms with van der Waals surface area (Å²) in [5, 5.41) is 6.46. The minimum Gasteiger partial charge on any atom is -0.336 e. The molecule has 1 saturated carbocycles. The second kappa shape index (κ2) is 8.77. The molecule has 0 aromatic rings. The molecular formula is C15H26N4O2. The molecule has 21 heavy (non-hydrogen) atoms. The number of nitrogens with one attached hydrogen (secondary N) is 2. The average molecular weight is 294 g/mol. The molecule has 1 aliphatic rings. The molecule has 1 aliphatic carbocycles. The minimum absolute atomic E-state index is 0.184. The topological polar surface area (TPSA) is 96.6 Å². The molecule has 0 bridgehead atoms. The molecule has 2 amide bonds. The van der Waals surface area contributed by atoms with Gasteiger partial charge in [-0.2, -0.15) is 5.10 Å². The third kappa shape index (κ3) is 6.25. The van der Waals surface area contributed by atoms with Gasteiger partial charge in [-0.05, 0) is 38.5 Å². The number of hydrogen-bond acceptors (Lipinski definition) is 4. The van der Waals surface area contributed by atoms with E-state index < -0.39 is 6.04 Å². The summed E-state index contributed by atoms with van der Waals surface area (Å²) in [5.41, 5.74) is 8.01. The van der Waals surface area contributed by atoms with Crippen LogP contribution in [0.1, 0.15) is 46.0 Å². The van der Waals surface area contributed by atoms with Gasteiger partial charge in [-0.25, -0.2) is 10.2 Å². The molecule has 2 radical (unpaired) electrons. The first-order valence-corrected chi connectivity index (χ1v) is 7.59. The van der Waals surface area contributed by atoms with E-state index in [4.69, 9.17) is 12.7 Å². The Kier molecular flexibility index (Phi) is 7.36. The van der Waals surface area contributed by atoms with Gasteiger partial charge in [-0.15, -0.1) is 0 Å². The SMILES string of the molecule is [CH]/C(=N\NC(=O)NCC1CCC(C(=O)CC)CC1)[C@H](C)N. The Labute approximate surface area is 126 Å². The Morgan fingerprint density at radius 3 is 2.48 bits per heavy atom. The molecule has 0 spiro atoms. The van der Waals surface area contributed by atoms with Crippen LogP contribution in [0.5, 0.6) is 0 Å². The summed E-state index contributed by atoms with van der Waals surface area (Å²) in [6.45, 7) is 9.70. The van der Waals surface area contributed by atoms with Crippen molar-refractivity contribution in [3.05, 3.63) is 6.92 Å². The smallest absolute Gasteiger partial charge is 0.335 e. The summed E-state index contributed by atoms with van der Waals surface area (Å²) in [5.74, 6) is 1.00. The fraction of sp³-hybridized carbons (Fsp3) is 0.733. The summed E-state index contributed by atoms with van der Waals surface area (Å²) in [6, 6.07) is -0.776. The fourth-order valence-electron chi connectivity index (χ4n) is 2.47. The Balaban J connectivity index is 2.23. The number of nitrogens with two attached hydrogens (primary N) is 1. The zero-order valence-corrected chi connectivity index (χ0v) is 12.9. The van der Waals surface area contributed by atoms with Crippen molar-refractivity contribution in [1.29, 1.82) is 0 Å². The van der Waals surface area contributed by atoms with Crippen LogP contribution in [0.25, 0.3) is 0 Å². The van der Waals surface area contributed by atoms with E-state index in [1.165, 1.54) is 0 Å². The zero-order chi connectivity index (χ0) is 15.8. The van der Waals surface area contributed by atoms with Gasteiger partial charge in [-0.3, -0.25) is 4.79 Å². The molecule has 1 fully saturated rings. The van der Waals surface area contributed by atoms with Crippen molar-refractivity contribution in [2.75, 3.05) is 6.54 Å². The average Bonchev–Trinajstić information content (AvgIpc) is 2.50. The fourth-order valence-corrected chi connectivity index (χ4v) is 2.47. The van der Waals surface area contributed by atoms with Gasteiger partial charge in [0.15, 0.2) is 0 Å². The van der Waals surface area contributed by atoms with Crippen LogP contribution in [0.2, 0.25) is 0 Å². The van der Waals surface area contributed by atoms with Crippen LogP contribution in [0.3, 0.4) is 0 Å². The molecule has 0 aromatic heterocycles. The summed E-state index contributed by atoms with van der Waals surface area (Å²) >= 11 is 0. The third-order valence-corrected chi connectivity index (χ3v) is 3.95. The van der Waals surface area contributed by atoms with Gasteiger partial charge in [0.05, 0.1) is 5.71 Å². The second-order valence-electron chi connectivity index (χ2n) is 5.68. The van der Waals surface area contributed by atoms with Crippen molar-refractivity contribution >= 4 is 17.5 Å². The van der Waals surface area contributed by atoms with Crippen molar-refractivity contribution in [2.45, 2.75) is 52.0 Å². The molecule has 0 saturated heterocycles. The van der Waals surface area contributed by atoms with Gasteiger partial charge >= 0.3 is 6.03 Å². The van der Waals surface area contributed by atoms with Crippen LogP contribution in [0.15, 0.2) is 5.10 Å². The van der Waals surface area contributed by atoms with Crippen LogP contribution in [0.4, 0.5) is 4.79 Å². The van der Waals surface area contributed by atoms with Crippen molar-refractivity contribution in [3.8, 4) is 0 Å². The number of carbonyl (C=O) groups is 2. The van der Waals surface area contributed by atoms with E-state index in [-0.39, 0.29) is 17.7 Å². The molecule has 118 valence electrons. The number of hydrogen-bond donors (Lipinski definition) is 3. The monoisotopic (exact) mass is 294 g/mol. The maximum atomic E-state index is 11.6. The second-order valence-corrected chi connectivity index (χ2v) is 5.68. The lowest BCUT2D eigenvalue weighted by Crippen LogP contribution is -2.38. The Hall–Kier alpha value is -1.43. The lowest BCUT2D eigenvalue weighted by Gasteiger charge is -2.27. The van der Waals surface area contributed by atoms with Gasteiger partial charge in [-0.1, -0.05) is 6.92 Å². The summed E-state index contributed by atoms with van der Waals surface area (Å²) in [7, 11) is 0. The van der Waals surface area contributed by atoms with Crippen LogP contribution in [-0.2, 0) is 4.79 Å². The quantitative estimate of drug-likeness (QED) is 0.511. The maximum Gasteiger partial charge on any atom is 0.335 e. The zero-order valence-electron chi connectivity index (χ0n) is 12.9. The number of amides is 2. The first-order valence-electron chi connectivity index (χ1n) is 7.59. The lowest BCUT2D eigenvalue weighted by molar-refractivity contribution is -0.123. The molecular weight excluding hydrogens is 268 g/mol. The van der Waals surface area contributed by atoms with Gasteiger partial charge in [0.1, 0.15) is 5.78 Å². The largest absolute Gasteiger partial charge is 0.336 e. The normalized spacial score (nSPS) is 24.3. The molecule has 6 nitrogen and oxygen atoms in total. The van der Waals surface area contributed by atoms with E-state index >= 15 is 0 Å². The molecule has 6 heteroatoms. The minimum atomic E-state index is -0.392. The summed E-state index contributed by atoms with van der Waals surface area (Å²) in [6.07, 6.45) is 4.42. The van der Waals surface area contributed by atoms with Crippen LogP contribution >= 0.6 is 0 Å². The van der Waals surface area contributed by atoms with Crippen molar-refractivity contribution in [1.82, 2.24) is 10.7 Å². The first-order chi connectivity index (χ1) is 9.93. The van der Waals surface area contributed by atoms with E-state index in [0.717, 1.165) is 25.7 Å². The predicted octanol–water partition coefficient (Wildman–Crippen LogP) is 1.49. The summed E-state index contributed by atoms with van der Waals surface area (Å²) in [4.78, 5) is 23.2. The maximum absolute atomic E-state index is 11.6. The van der Waals surface area contributed by atoms with Crippen LogP contribution < -0.4 is 16.5 Å². The van der Waals surface area contributed by atoms with E-state index in [0.29, 0.717) is 24.7 Å². The Morgan fingerprint density at radius 2 is 1.95 bits per heavy atom. The van der Waals surface area contributed by atoms with Crippen molar-refractivity contribution < 1.29 is 9.59 Å². The highest BCUT2D eigenvalue weighted by Crippen LogP contribution is 2.29. The molecule has 0 aliphatic heterocycles. The standard InChI is InChI=1S/C15H26N4O2/c1-4-14(20)13-7-5-12(6-8-13)9-17-15(21)19-18-11(3)10(2)16/h3,10,12-13H,4-9,16H2,1-2H3,(H2,17,19,21)/b18-11+/t10-,12?,13?/m0/s1. The molecule has 1 rings (SSSR count). The molecule has 4 N–H and O–H groups in total. The molecule has 0 unspecified atom stereocenters. The van der Waals surface area contributed by atoms with Gasteiger partial charge in [0.25, 0.3) is 0 Å². The molecule has 0 heterocycles. The van der Waals surface area contributed by atoms with Crippen LogP contribution in [-0.4, -0.2) is 30.1 Å². The van der Waals surface area contributed by atoms with E-state index in [1.807, 2.05) is 6.92 Å². The lowest BCUT2D eigenvalue weighted by atomic mass is 9.79. The highest BCUT2D eigenvalue weighted by molar-refractivity contribution is 5.93. The number of nitrogens with zero attached hydrogens (tertiary/aromatic N) is 1. The Bertz CT molecular complexity index is 385. The van der Waals surface area contributed by atoms with Crippen molar-refractivity contribution in [2.24, 2.45) is 22.7 Å². The first kappa shape index (κ1) is 17.6. The highest BCUT2D eigenvalue weighted by Gasteiger charge is 2.25. The summed E-state index contributed by atoms with van der Waals surface area (Å²) < 4.78 is 0. The number of carbonyl (C=O) groups excluding carboxylic acids is 2. The van der Waals surface area contributed by atoms with E-state index in [1.54, 1.807) is 6.92 Å². The van der Waals surface area contributed by atoms with Gasteiger partial charge in [0, 0.05) is 31.8 Å². The van der Waals surface area contributed by atoms with Gasteiger partial charge in [0.2, 0.25) is 0 Å². The number of urea groups is 1. The Morgan fingerprint density at radius 1 is 1.33 bits per heavy atom. The van der Waals surface area contributed by atoms with E-state index in [9.17, 15) is 9.59 Å². The predicted molar refractivity (Wildman–Crippen MR) is 82.7 cm³/mol.